The van der Waals surface area contributed by atoms with Gasteiger partial charge in [0.1, 0.15) is 12.0 Å². The molecule has 1 N–H and O–H groups in total. The highest BCUT2D eigenvalue weighted by atomic mass is 32.2. The van der Waals surface area contributed by atoms with Gasteiger partial charge in [0.15, 0.2) is 12.1 Å². The van der Waals surface area contributed by atoms with E-state index in [0.29, 0.717) is 5.75 Å². The van der Waals surface area contributed by atoms with Crippen molar-refractivity contribution in [2.24, 2.45) is 5.41 Å². The van der Waals surface area contributed by atoms with Crippen molar-refractivity contribution < 1.29 is 19.0 Å². The van der Waals surface area contributed by atoms with Crippen LogP contribution < -0.4 is 9.64 Å². The molecule has 1 aliphatic heterocycles. The molecule has 3 rings (SSSR count). The molecule has 0 saturated heterocycles. The Morgan fingerprint density at radius 1 is 1.12 bits per heavy atom. The monoisotopic (exact) mass is 473 g/mol. The molecule has 0 atom stereocenters. The summed E-state index contributed by atoms with van der Waals surface area (Å²) in [7, 11) is 1.00. The van der Waals surface area contributed by atoms with Crippen LogP contribution in [0.25, 0.3) is 0 Å². The Balaban J connectivity index is 0.00000187. The molecule has 2 aromatic rings. The normalized spacial score (nSPS) is 15.1. The predicted molar refractivity (Wildman–Crippen MR) is 136 cm³/mol. The van der Waals surface area contributed by atoms with Gasteiger partial charge in [-0.05, 0) is 48.6 Å². The summed E-state index contributed by atoms with van der Waals surface area (Å²) < 4.78 is 18.6. The van der Waals surface area contributed by atoms with E-state index in [1.165, 1.54) is 44.2 Å². The lowest BCUT2D eigenvalue weighted by atomic mass is 9.79. The van der Waals surface area contributed by atoms with E-state index in [1.54, 1.807) is 0 Å². The summed E-state index contributed by atoms with van der Waals surface area (Å²) in [6.45, 7) is 5.50. The van der Waals surface area contributed by atoms with E-state index in [4.69, 9.17) is 9.84 Å². The average Bonchev–Trinajstić information content (AvgIpc) is 3.04. The van der Waals surface area contributed by atoms with Crippen LogP contribution in [0, 0.1) is 5.41 Å². The first-order valence-electron chi connectivity index (χ1n) is 11.6. The summed E-state index contributed by atoms with van der Waals surface area (Å²) in [6.07, 6.45) is 8.28. The maximum atomic E-state index is 13.2. The molecular formula is C27H36FNO3S. The zero-order valence-corrected chi connectivity index (χ0v) is 20.7. The molecule has 4 nitrogen and oxygen atoms in total. The molecule has 0 aromatic heterocycles. The summed E-state index contributed by atoms with van der Waals surface area (Å²) in [6, 6.07) is 16.4. The van der Waals surface area contributed by atoms with E-state index >= 15 is 0 Å². The van der Waals surface area contributed by atoms with Crippen molar-refractivity contribution >= 4 is 29.4 Å². The highest BCUT2D eigenvalue weighted by Crippen LogP contribution is 2.48. The fourth-order valence-corrected chi connectivity index (χ4v) is 5.49. The van der Waals surface area contributed by atoms with Gasteiger partial charge in [-0.1, -0.05) is 57.7 Å². The zero-order chi connectivity index (χ0) is 24.1. The number of halogens is 1. The van der Waals surface area contributed by atoms with Gasteiger partial charge >= 0.3 is 0 Å². The molecule has 0 bridgehead atoms. The summed E-state index contributed by atoms with van der Waals surface area (Å²) in [4.78, 5) is 14.1. The maximum absolute atomic E-state index is 13.2. The lowest BCUT2D eigenvalue weighted by Gasteiger charge is -2.37. The van der Waals surface area contributed by atoms with E-state index in [2.05, 4.69) is 43.0 Å². The number of thioether (sulfide) groups is 1. The van der Waals surface area contributed by atoms with Crippen LogP contribution in [-0.2, 0) is 4.79 Å². The number of carbonyl (C=O) groups excluding carboxylic acids is 1. The minimum atomic E-state index is -0.924. The first-order chi connectivity index (χ1) is 16.1. The van der Waals surface area contributed by atoms with Gasteiger partial charge in [-0.15, -0.1) is 11.8 Å². The highest BCUT2D eigenvalue weighted by Gasteiger charge is 2.35. The number of para-hydroxylation sites is 1. The number of aldehydes is 1. The Morgan fingerprint density at radius 2 is 1.79 bits per heavy atom. The van der Waals surface area contributed by atoms with Gasteiger partial charge in [-0.25, -0.2) is 0 Å². The first-order valence-corrected chi connectivity index (χ1v) is 12.6. The molecule has 0 aliphatic carbocycles. The van der Waals surface area contributed by atoms with Crippen LogP contribution in [0.5, 0.6) is 5.75 Å². The second kappa shape index (κ2) is 14.1. The van der Waals surface area contributed by atoms with Crippen molar-refractivity contribution in [3.05, 3.63) is 60.6 Å². The molecule has 33 heavy (non-hydrogen) atoms. The minimum absolute atomic E-state index is 0.144. The van der Waals surface area contributed by atoms with Crippen LogP contribution in [-0.4, -0.2) is 30.8 Å². The number of hydrogen-bond acceptors (Lipinski definition) is 5. The zero-order valence-electron chi connectivity index (χ0n) is 19.9. The number of allylic oxidation sites excluding steroid dienone is 1. The topological polar surface area (TPSA) is 49.8 Å². The second-order valence-corrected chi connectivity index (χ2v) is 9.30. The average molecular weight is 474 g/mol. The van der Waals surface area contributed by atoms with Gasteiger partial charge in [-0.2, -0.15) is 4.39 Å². The molecule has 0 fully saturated rings. The smallest absolute Gasteiger partial charge is 0.197 e. The van der Waals surface area contributed by atoms with Crippen LogP contribution in [0.1, 0.15) is 52.4 Å². The van der Waals surface area contributed by atoms with Gasteiger partial charge in [-0.3, -0.25) is 4.79 Å². The maximum Gasteiger partial charge on any atom is 0.197 e. The van der Waals surface area contributed by atoms with Crippen molar-refractivity contribution in [1.29, 1.82) is 0 Å². The largest absolute Gasteiger partial charge is 0.462 e. The number of fused-ring (bicyclic) bond motifs is 1. The molecule has 6 heteroatoms. The third kappa shape index (κ3) is 7.61. The number of carbonyl (C=O) groups is 1. The summed E-state index contributed by atoms with van der Waals surface area (Å²) in [5.41, 5.74) is 2.57. The highest BCUT2D eigenvalue weighted by molar-refractivity contribution is 7.99. The van der Waals surface area contributed by atoms with Crippen molar-refractivity contribution in [2.45, 2.75) is 57.3 Å². The van der Waals surface area contributed by atoms with Gasteiger partial charge in [0.2, 0.25) is 0 Å². The fourth-order valence-electron chi connectivity index (χ4n) is 4.12. The quantitative estimate of drug-likeness (QED) is 0.223. The van der Waals surface area contributed by atoms with Crippen LogP contribution in [0.15, 0.2) is 65.5 Å². The van der Waals surface area contributed by atoms with Crippen LogP contribution in [0.4, 0.5) is 15.8 Å². The third-order valence-electron chi connectivity index (χ3n) is 5.86. The van der Waals surface area contributed by atoms with Crippen molar-refractivity contribution in [3.63, 3.8) is 0 Å². The molecular weight excluding hydrogens is 437 g/mol. The molecule has 0 saturated carbocycles. The standard InChI is InChI=1S/C26H32FNO2S.CH4O/c1-3-5-14-26(15-6-4-2)19-28(22-10-8-7-9-11-22)24-13-12-23(16-25(24)31-20-26)30-18-21(27)17-29;1-2/h7-13,16-18H,3-6,14-15,19-20H2,1-2H3;2H,1H3/b21-18-;. The lowest BCUT2D eigenvalue weighted by Crippen LogP contribution is -2.36. The number of nitrogens with zero attached hydrogens (tertiary/aromatic N) is 1. The summed E-state index contributed by atoms with van der Waals surface area (Å²) in [5.74, 6) is 0.656. The predicted octanol–water partition coefficient (Wildman–Crippen LogP) is 7.29. The number of hydrogen-bond donors (Lipinski definition) is 1. The molecule has 1 aliphatic rings. The van der Waals surface area contributed by atoms with E-state index in [-0.39, 0.29) is 11.7 Å². The van der Waals surface area contributed by atoms with E-state index in [1.807, 2.05) is 36.0 Å². The molecule has 0 radical (unpaired) electrons. The van der Waals surface area contributed by atoms with Gasteiger partial charge in [0.05, 0.1) is 5.69 Å². The molecule has 0 unspecified atom stereocenters. The molecule has 1 heterocycles. The van der Waals surface area contributed by atoms with Gasteiger partial charge in [0, 0.05) is 30.0 Å². The number of aliphatic hydroxyl groups is 1. The Bertz CT molecular complexity index is 880. The van der Waals surface area contributed by atoms with Crippen LogP contribution in [0.2, 0.25) is 0 Å². The Hall–Kier alpha value is -2.31. The fraction of sp³-hybridized carbons (Fsp3) is 0.444. The number of anilines is 2. The number of rotatable bonds is 10. The first kappa shape index (κ1) is 26.9. The van der Waals surface area contributed by atoms with Crippen molar-refractivity contribution in [1.82, 2.24) is 0 Å². The Labute approximate surface area is 201 Å². The van der Waals surface area contributed by atoms with Crippen LogP contribution in [0.3, 0.4) is 0 Å². The molecule has 2 aromatic carbocycles. The summed E-state index contributed by atoms with van der Waals surface area (Å²) >= 11 is 1.86. The third-order valence-corrected chi connectivity index (χ3v) is 7.25. The van der Waals surface area contributed by atoms with E-state index in [0.717, 1.165) is 36.3 Å². The number of unbranched alkanes of at least 4 members (excludes halogenated alkanes) is 2. The number of benzene rings is 2. The Morgan fingerprint density at radius 3 is 2.39 bits per heavy atom. The van der Waals surface area contributed by atoms with Crippen molar-refractivity contribution in [2.75, 3.05) is 24.3 Å². The molecule has 0 spiro atoms. The summed E-state index contributed by atoms with van der Waals surface area (Å²) in [5, 5.41) is 7.00. The molecule has 180 valence electrons. The SMILES string of the molecule is CCCCC1(CCCC)CSc2cc(O/C=C(\F)C=O)ccc2N(c2ccccc2)C1.CO. The minimum Gasteiger partial charge on any atom is -0.462 e. The van der Waals surface area contributed by atoms with Crippen LogP contribution >= 0.6 is 11.8 Å². The lowest BCUT2D eigenvalue weighted by molar-refractivity contribution is -0.106. The Kier molecular flexibility index (Phi) is 11.5. The van der Waals surface area contributed by atoms with E-state index < -0.39 is 5.83 Å². The van der Waals surface area contributed by atoms with Gasteiger partial charge in [0.25, 0.3) is 0 Å². The second-order valence-electron chi connectivity index (χ2n) is 8.29. The number of aliphatic hydroxyl groups excluding tert-OH is 1. The van der Waals surface area contributed by atoms with Crippen molar-refractivity contribution in [3.8, 4) is 5.75 Å². The van der Waals surface area contributed by atoms with E-state index in [9.17, 15) is 9.18 Å². The number of ether oxygens (including phenoxy) is 1. The molecule has 0 amide bonds. The van der Waals surface area contributed by atoms with Gasteiger partial charge < -0.3 is 14.7 Å².